The minimum absolute atomic E-state index is 0.449. The quantitative estimate of drug-likeness (QED) is 0.580. The molecule has 0 amide bonds. The van der Waals surface area contributed by atoms with Gasteiger partial charge in [-0.15, -0.1) is 0 Å². The van der Waals surface area contributed by atoms with E-state index >= 15 is 0 Å². The minimum Gasteiger partial charge on any atom is -0.462 e. The molecule has 2 aromatic heterocycles. The molecule has 0 aliphatic carbocycles. The van der Waals surface area contributed by atoms with Gasteiger partial charge in [0.2, 0.25) is 0 Å². The summed E-state index contributed by atoms with van der Waals surface area (Å²) in [6, 6.07) is 10.9. The average Bonchev–Trinajstić information content (AvgIpc) is 2.75. The molecule has 3 rings (SSSR count). The molecular formula is C13H13NO. The molecule has 15 heavy (non-hydrogen) atoms. The lowest BCUT2D eigenvalue weighted by Crippen LogP contribution is -1.98. The number of furan rings is 1. The number of hydrogen-bond acceptors (Lipinski definition) is 1. The van der Waals surface area contributed by atoms with Gasteiger partial charge in [0.25, 0.3) is 0 Å². The first-order chi connectivity index (χ1) is 7.29. The van der Waals surface area contributed by atoms with Gasteiger partial charge in [0.05, 0.1) is 17.3 Å². The van der Waals surface area contributed by atoms with Crippen LogP contribution in [0.25, 0.3) is 22.0 Å². The lowest BCUT2D eigenvalue weighted by Gasteiger charge is -2.09. The monoisotopic (exact) mass is 199 g/mol. The van der Waals surface area contributed by atoms with Crippen LogP contribution in [-0.4, -0.2) is 4.57 Å². The van der Waals surface area contributed by atoms with Gasteiger partial charge in [-0.3, -0.25) is 0 Å². The summed E-state index contributed by atoms with van der Waals surface area (Å²) < 4.78 is 7.85. The van der Waals surface area contributed by atoms with Crippen molar-refractivity contribution < 1.29 is 4.42 Å². The van der Waals surface area contributed by atoms with Crippen molar-refractivity contribution >= 4 is 22.0 Å². The Morgan fingerprint density at radius 1 is 1.07 bits per heavy atom. The molecule has 3 aromatic rings. The van der Waals surface area contributed by atoms with Crippen molar-refractivity contribution in [3.63, 3.8) is 0 Å². The first-order valence-corrected chi connectivity index (χ1v) is 5.25. The maximum atomic E-state index is 5.54. The van der Waals surface area contributed by atoms with Crippen molar-refractivity contribution in [2.75, 3.05) is 0 Å². The van der Waals surface area contributed by atoms with Crippen LogP contribution in [0.2, 0.25) is 0 Å². The standard InChI is InChI=1S/C13H13NO/c1-9(2)14-11-6-4-3-5-10(11)13-12(14)7-8-15-13/h3-9H,1-2H3. The van der Waals surface area contributed by atoms with Gasteiger partial charge in [0, 0.05) is 17.5 Å². The molecule has 0 radical (unpaired) electrons. The Kier molecular flexibility index (Phi) is 1.66. The summed E-state index contributed by atoms with van der Waals surface area (Å²) in [5.41, 5.74) is 3.44. The minimum atomic E-state index is 0.449. The zero-order valence-corrected chi connectivity index (χ0v) is 8.90. The van der Waals surface area contributed by atoms with E-state index in [9.17, 15) is 0 Å². The molecule has 0 N–H and O–H groups in total. The lowest BCUT2D eigenvalue weighted by atomic mass is 10.2. The molecule has 0 saturated heterocycles. The zero-order chi connectivity index (χ0) is 10.4. The first kappa shape index (κ1) is 8.60. The Hall–Kier alpha value is -1.70. The molecule has 0 spiro atoms. The summed E-state index contributed by atoms with van der Waals surface area (Å²) in [4.78, 5) is 0. The highest BCUT2D eigenvalue weighted by Gasteiger charge is 2.13. The third kappa shape index (κ3) is 1.05. The maximum Gasteiger partial charge on any atom is 0.159 e. The Balaban J connectivity index is 2.58. The highest BCUT2D eigenvalue weighted by Crippen LogP contribution is 2.31. The van der Waals surface area contributed by atoms with Crippen molar-refractivity contribution in [1.82, 2.24) is 4.57 Å². The van der Waals surface area contributed by atoms with Gasteiger partial charge in [-0.1, -0.05) is 12.1 Å². The second kappa shape index (κ2) is 2.89. The van der Waals surface area contributed by atoms with E-state index in [2.05, 4.69) is 42.7 Å². The molecule has 0 saturated carbocycles. The predicted molar refractivity (Wildman–Crippen MR) is 62.1 cm³/mol. The van der Waals surface area contributed by atoms with Gasteiger partial charge in [0.1, 0.15) is 0 Å². The summed E-state index contributed by atoms with van der Waals surface area (Å²) in [5, 5.41) is 1.20. The summed E-state index contributed by atoms with van der Waals surface area (Å²) in [6.07, 6.45) is 1.76. The number of para-hydroxylation sites is 1. The van der Waals surface area contributed by atoms with Crippen LogP contribution in [0, 0.1) is 0 Å². The number of aromatic nitrogens is 1. The van der Waals surface area contributed by atoms with Crippen LogP contribution >= 0.6 is 0 Å². The van der Waals surface area contributed by atoms with Gasteiger partial charge in [-0.25, -0.2) is 0 Å². The van der Waals surface area contributed by atoms with Gasteiger partial charge < -0.3 is 8.98 Å². The van der Waals surface area contributed by atoms with E-state index in [-0.39, 0.29) is 0 Å². The molecule has 0 aliphatic heterocycles. The molecule has 2 heterocycles. The van der Waals surface area contributed by atoms with Crippen LogP contribution in [0.4, 0.5) is 0 Å². The smallest absolute Gasteiger partial charge is 0.159 e. The van der Waals surface area contributed by atoms with E-state index in [1.807, 2.05) is 6.07 Å². The van der Waals surface area contributed by atoms with Crippen molar-refractivity contribution in [2.24, 2.45) is 0 Å². The maximum absolute atomic E-state index is 5.54. The number of fused-ring (bicyclic) bond motifs is 3. The lowest BCUT2D eigenvalue weighted by molar-refractivity contribution is 0.617. The zero-order valence-electron chi connectivity index (χ0n) is 8.90. The first-order valence-electron chi connectivity index (χ1n) is 5.25. The molecule has 0 fully saturated rings. The van der Waals surface area contributed by atoms with Crippen molar-refractivity contribution in [2.45, 2.75) is 19.9 Å². The molecule has 2 heteroatoms. The van der Waals surface area contributed by atoms with Crippen LogP contribution in [0.15, 0.2) is 41.0 Å². The van der Waals surface area contributed by atoms with Gasteiger partial charge in [-0.05, 0) is 26.0 Å². The fraction of sp³-hybridized carbons (Fsp3) is 0.231. The third-order valence-electron chi connectivity index (χ3n) is 2.83. The molecular weight excluding hydrogens is 186 g/mol. The van der Waals surface area contributed by atoms with E-state index in [1.165, 1.54) is 16.4 Å². The number of rotatable bonds is 1. The summed E-state index contributed by atoms with van der Waals surface area (Å²) >= 11 is 0. The fourth-order valence-corrected chi connectivity index (χ4v) is 2.26. The van der Waals surface area contributed by atoms with Crippen molar-refractivity contribution in [3.8, 4) is 0 Å². The van der Waals surface area contributed by atoms with Gasteiger partial charge in [0.15, 0.2) is 5.58 Å². The van der Waals surface area contributed by atoms with Crippen LogP contribution in [0.1, 0.15) is 19.9 Å². The van der Waals surface area contributed by atoms with E-state index in [1.54, 1.807) is 6.26 Å². The van der Waals surface area contributed by atoms with Crippen LogP contribution in [0.5, 0.6) is 0 Å². The van der Waals surface area contributed by atoms with E-state index in [0.29, 0.717) is 6.04 Å². The highest BCUT2D eigenvalue weighted by atomic mass is 16.3. The Labute approximate surface area is 88.1 Å². The van der Waals surface area contributed by atoms with Crippen molar-refractivity contribution in [3.05, 3.63) is 36.6 Å². The summed E-state index contributed by atoms with van der Waals surface area (Å²) in [5.74, 6) is 0. The van der Waals surface area contributed by atoms with E-state index in [0.717, 1.165) is 5.58 Å². The number of hydrogen-bond donors (Lipinski definition) is 0. The molecule has 76 valence electrons. The average molecular weight is 199 g/mol. The fourth-order valence-electron chi connectivity index (χ4n) is 2.26. The summed E-state index contributed by atoms with van der Waals surface area (Å²) in [6.45, 7) is 4.39. The Morgan fingerprint density at radius 3 is 2.67 bits per heavy atom. The second-order valence-corrected chi connectivity index (χ2v) is 4.12. The van der Waals surface area contributed by atoms with Crippen LogP contribution < -0.4 is 0 Å². The second-order valence-electron chi connectivity index (χ2n) is 4.12. The highest BCUT2D eigenvalue weighted by molar-refractivity contribution is 6.04. The normalized spacial score (nSPS) is 11.9. The summed E-state index contributed by atoms with van der Waals surface area (Å²) in [7, 11) is 0. The molecule has 0 unspecified atom stereocenters. The Morgan fingerprint density at radius 2 is 1.87 bits per heavy atom. The molecule has 0 atom stereocenters. The SMILES string of the molecule is CC(C)n1c2ccccc2c2occc21. The largest absolute Gasteiger partial charge is 0.462 e. The number of benzene rings is 1. The van der Waals surface area contributed by atoms with Gasteiger partial charge in [-0.2, -0.15) is 0 Å². The van der Waals surface area contributed by atoms with Crippen molar-refractivity contribution in [1.29, 1.82) is 0 Å². The van der Waals surface area contributed by atoms with Crippen LogP contribution in [-0.2, 0) is 0 Å². The number of nitrogens with zero attached hydrogens (tertiary/aromatic N) is 1. The molecule has 2 nitrogen and oxygen atoms in total. The van der Waals surface area contributed by atoms with Crippen LogP contribution in [0.3, 0.4) is 0 Å². The predicted octanol–water partition coefficient (Wildman–Crippen LogP) is 3.97. The van der Waals surface area contributed by atoms with E-state index in [4.69, 9.17) is 4.42 Å². The topological polar surface area (TPSA) is 18.1 Å². The molecule has 0 aliphatic rings. The van der Waals surface area contributed by atoms with Gasteiger partial charge >= 0.3 is 0 Å². The molecule has 1 aromatic carbocycles. The Bertz CT molecular complexity index is 616. The van der Waals surface area contributed by atoms with E-state index < -0.39 is 0 Å². The third-order valence-corrected chi connectivity index (χ3v) is 2.83. The molecule has 0 bridgehead atoms.